The van der Waals surface area contributed by atoms with Crippen molar-refractivity contribution in [1.82, 2.24) is 14.8 Å². The van der Waals surface area contributed by atoms with E-state index >= 15 is 0 Å². The first-order chi connectivity index (χ1) is 10.6. The maximum Gasteiger partial charge on any atom is 0.127 e. The highest BCUT2D eigenvalue weighted by Gasteiger charge is 2.19. The quantitative estimate of drug-likeness (QED) is 0.858. The number of likely N-dealkylation sites (tertiary alicyclic amines) is 1. The standard InChI is InChI=1S/C13H20N2O.C5H11N/c1-4-10(2)16-13-5-7-14-12-6-8-15(3)9-11(12)13;1-6-4-2-3-5-6/h5,7,10H,4,6,8-9H2,1-3H3;2-5H2,1H3. The van der Waals surface area contributed by atoms with Gasteiger partial charge >= 0.3 is 0 Å². The monoisotopic (exact) mass is 305 g/mol. The van der Waals surface area contributed by atoms with Gasteiger partial charge in [-0.15, -0.1) is 0 Å². The van der Waals surface area contributed by atoms with Crippen molar-refractivity contribution < 1.29 is 4.74 Å². The van der Waals surface area contributed by atoms with Gasteiger partial charge in [0.2, 0.25) is 0 Å². The van der Waals surface area contributed by atoms with E-state index in [0.717, 1.165) is 31.7 Å². The molecule has 1 atom stereocenters. The molecule has 4 nitrogen and oxygen atoms in total. The van der Waals surface area contributed by atoms with Gasteiger partial charge in [-0.2, -0.15) is 0 Å². The van der Waals surface area contributed by atoms with Crippen LogP contribution in [0.4, 0.5) is 0 Å². The average molecular weight is 305 g/mol. The number of hydrogen-bond acceptors (Lipinski definition) is 4. The van der Waals surface area contributed by atoms with Gasteiger partial charge in [0.05, 0.1) is 6.10 Å². The van der Waals surface area contributed by atoms with E-state index in [2.05, 4.69) is 42.7 Å². The molecule has 0 aliphatic carbocycles. The van der Waals surface area contributed by atoms with E-state index in [-0.39, 0.29) is 6.10 Å². The maximum absolute atomic E-state index is 5.94. The van der Waals surface area contributed by atoms with Crippen LogP contribution in [0.5, 0.6) is 5.75 Å². The molecule has 0 aromatic carbocycles. The minimum absolute atomic E-state index is 0.277. The van der Waals surface area contributed by atoms with Gasteiger partial charge in [0.25, 0.3) is 0 Å². The summed E-state index contributed by atoms with van der Waals surface area (Å²) in [5.74, 6) is 1.02. The Morgan fingerprint density at radius 1 is 1.18 bits per heavy atom. The van der Waals surface area contributed by atoms with Gasteiger partial charge in [0.15, 0.2) is 0 Å². The number of aromatic nitrogens is 1. The lowest BCUT2D eigenvalue weighted by Gasteiger charge is -2.26. The second-order valence-corrected chi connectivity index (χ2v) is 6.57. The number of fused-ring (bicyclic) bond motifs is 1. The first-order valence-corrected chi connectivity index (χ1v) is 8.60. The van der Waals surface area contributed by atoms with Gasteiger partial charge in [-0.1, -0.05) is 6.92 Å². The Morgan fingerprint density at radius 2 is 1.91 bits per heavy atom. The van der Waals surface area contributed by atoms with E-state index in [0.29, 0.717) is 0 Å². The number of ether oxygens (including phenoxy) is 1. The summed E-state index contributed by atoms with van der Waals surface area (Å²) >= 11 is 0. The van der Waals surface area contributed by atoms with Gasteiger partial charge in [-0.25, -0.2) is 0 Å². The summed E-state index contributed by atoms with van der Waals surface area (Å²) in [4.78, 5) is 9.11. The van der Waals surface area contributed by atoms with Crippen molar-refractivity contribution in [2.45, 2.75) is 52.2 Å². The minimum atomic E-state index is 0.277. The summed E-state index contributed by atoms with van der Waals surface area (Å²) < 4.78 is 5.94. The number of rotatable bonds is 3. The zero-order valence-corrected chi connectivity index (χ0v) is 14.6. The van der Waals surface area contributed by atoms with E-state index in [1.54, 1.807) is 0 Å². The highest BCUT2D eigenvalue weighted by Crippen LogP contribution is 2.26. The number of hydrogen-bond donors (Lipinski definition) is 0. The average Bonchev–Trinajstić information content (AvgIpc) is 2.99. The molecule has 2 aliphatic rings. The summed E-state index contributed by atoms with van der Waals surface area (Å²) in [6.45, 7) is 8.94. The van der Waals surface area contributed by atoms with Crippen molar-refractivity contribution in [3.8, 4) is 5.75 Å². The van der Waals surface area contributed by atoms with Crippen LogP contribution in [0.1, 0.15) is 44.4 Å². The third-order valence-electron chi connectivity index (χ3n) is 4.49. The SMILES string of the molecule is CCC(C)Oc1ccnc2c1CN(C)CC2.CN1CCCC1. The molecule has 0 saturated carbocycles. The highest BCUT2D eigenvalue weighted by atomic mass is 16.5. The molecule has 2 aliphatic heterocycles. The van der Waals surface area contributed by atoms with Gasteiger partial charge in [-0.3, -0.25) is 4.98 Å². The maximum atomic E-state index is 5.94. The number of likely N-dealkylation sites (N-methyl/N-ethyl adjacent to an activating group) is 1. The van der Waals surface area contributed by atoms with Crippen molar-refractivity contribution >= 4 is 0 Å². The summed E-state index contributed by atoms with van der Waals surface area (Å²) in [6.07, 6.45) is 7.03. The molecule has 22 heavy (non-hydrogen) atoms. The largest absolute Gasteiger partial charge is 0.490 e. The molecule has 1 saturated heterocycles. The van der Waals surface area contributed by atoms with Crippen LogP contribution in [0.15, 0.2) is 12.3 Å². The van der Waals surface area contributed by atoms with Gasteiger partial charge in [0.1, 0.15) is 5.75 Å². The molecule has 1 fully saturated rings. The van der Waals surface area contributed by atoms with Crippen LogP contribution >= 0.6 is 0 Å². The van der Waals surface area contributed by atoms with E-state index in [1.165, 1.54) is 37.2 Å². The molecule has 0 spiro atoms. The molecule has 1 aromatic rings. The molecule has 124 valence electrons. The molecule has 1 aromatic heterocycles. The Hall–Kier alpha value is -1.13. The van der Waals surface area contributed by atoms with Gasteiger partial charge < -0.3 is 14.5 Å². The Kier molecular flexibility index (Phi) is 6.65. The van der Waals surface area contributed by atoms with Crippen LogP contribution in [0.25, 0.3) is 0 Å². The second kappa shape index (κ2) is 8.49. The fourth-order valence-electron chi connectivity index (χ4n) is 2.83. The lowest BCUT2D eigenvalue weighted by atomic mass is 10.1. The van der Waals surface area contributed by atoms with Gasteiger partial charge in [-0.05, 0) is 59.4 Å². The molecule has 4 heteroatoms. The zero-order valence-electron chi connectivity index (χ0n) is 14.6. The molecular formula is C18H31N3O. The Bertz CT molecular complexity index is 458. The number of nitrogens with zero attached hydrogens (tertiary/aromatic N) is 3. The summed E-state index contributed by atoms with van der Waals surface area (Å²) in [5.41, 5.74) is 2.48. The lowest BCUT2D eigenvalue weighted by molar-refractivity contribution is 0.208. The van der Waals surface area contributed by atoms with Crippen LogP contribution in [0, 0.1) is 0 Å². The van der Waals surface area contributed by atoms with Crippen molar-refractivity contribution in [1.29, 1.82) is 0 Å². The molecule has 0 amide bonds. The van der Waals surface area contributed by atoms with Crippen LogP contribution in [0.2, 0.25) is 0 Å². The summed E-state index contributed by atoms with van der Waals surface area (Å²) in [6, 6.07) is 1.99. The summed E-state index contributed by atoms with van der Waals surface area (Å²) in [5, 5.41) is 0. The molecular weight excluding hydrogens is 274 g/mol. The van der Waals surface area contributed by atoms with Crippen LogP contribution in [0.3, 0.4) is 0 Å². The van der Waals surface area contributed by atoms with Crippen molar-refractivity contribution in [2.24, 2.45) is 0 Å². The van der Waals surface area contributed by atoms with E-state index in [4.69, 9.17) is 4.74 Å². The van der Waals surface area contributed by atoms with Crippen LogP contribution in [-0.4, -0.2) is 54.6 Å². The fourth-order valence-corrected chi connectivity index (χ4v) is 2.83. The predicted molar refractivity (Wildman–Crippen MR) is 91.4 cm³/mol. The predicted octanol–water partition coefficient (Wildman–Crippen LogP) is 2.96. The Morgan fingerprint density at radius 3 is 2.50 bits per heavy atom. The topological polar surface area (TPSA) is 28.6 Å². The zero-order chi connectivity index (χ0) is 15.9. The fraction of sp³-hybridized carbons (Fsp3) is 0.722. The minimum Gasteiger partial charge on any atom is -0.490 e. The van der Waals surface area contributed by atoms with E-state index in [9.17, 15) is 0 Å². The molecule has 1 unspecified atom stereocenters. The molecule has 3 heterocycles. The molecule has 3 rings (SSSR count). The van der Waals surface area contributed by atoms with Crippen molar-refractivity contribution in [2.75, 3.05) is 33.7 Å². The first-order valence-electron chi connectivity index (χ1n) is 8.60. The molecule has 0 bridgehead atoms. The Labute approximate surface area is 135 Å². The van der Waals surface area contributed by atoms with E-state index in [1.807, 2.05) is 12.3 Å². The normalized spacial score (nSPS) is 20.0. The smallest absolute Gasteiger partial charge is 0.127 e. The van der Waals surface area contributed by atoms with Crippen molar-refractivity contribution in [3.05, 3.63) is 23.5 Å². The van der Waals surface area contributed by atoms with Crippen LogP contribution in [-0.2, 0) is 13.0 Å². The van der Waals surface area contributed by atoms with Gasteiger partial charge in [0, 0.05) is 37.0 Å². The first kappa shape index (κ1) is 17.2. The molecule has 0 N–H and O–H groups in total. The lowest BCUT2D eigenvalue weighted by Crippen LogP contribution is -2.28. The van der Waals surface area contributed by atoms with Crippen LogP contribution < -0.4 is 4.74 Å². The highest BCUT2D eigenvalue weighted by molar-refractivity contribution is 5.37. The van der Waals surface area contributed by atoms with Crippen molar-refractivity contribution in [3.63, 3.8) is 0 Å². The Balaban J connectivity index is 0.000000246. The third-order valence-corrected chi connectivity index (χ3v) is 4.49. The number of pyridine rings is 1. The second-order valence-electron chi connectivity index (χ2n) is 6.57. The van der Waals surface area contributed by atoms with E-state index < -0.39 is 0 Å². The molecule has 0 radical (unpaired) electrons. The summed E-state index contributed by atoms with van der Waals surface area (Å²) in [7, 11) is 4.32. The third kappa shape index (κ3) is 4.96.